The fourth-order valence-corrected chi connectivity index (χ4v) is 3.34. The first-order valence-corrected chi connectivity index (χ1v) is 12.5. The van der Waals surface area contributed by atoms with E-state index in [1.165, 1.54) is 17.5 Å². The third kappa shape index (κ3) is 13.8. The Labute approximate surface area is 169 Å². The molecule has 2 atom stereocenters. The van der Waals surface area contributed by atoms with Gasteiger partial charge in [-0.25, -0.2) is 0 Å². The Balaban J connectivity index is 0. The van der Waals surface area contributed by atoms with E-state index in [9.17, 15) is 14.4 Å². The zero-order valence-corrected chi connectivity index (χ0v) is 19.5. The number of carbonyl (C=O) groups excluding carboxylic acids is 3. The molecule has 0 bridgehead atoms. The van der Waals surface area contributed by atoms with E-state index < -0.39 is 0 Å². The summed E-state index contributed by atoms with van der Waals surface area (Å²) in [6, 6.07) is 0. The molecule has 0 spiro atoms. The fourth-order valence-electron chi connectivity index (χ4n) is 2.74. The summed E-state index contributed by atoms with van der Waals surface area (Å²) in [7, 11) is 1.00. The number of nitrogens with one attached hydrogen (secondary N) is 1. The lowest BCUT2D eigenvalue weighted by molar-refractivity contribution is -0.139. The highest BCUT2D eigenvalue weighted by atomic mass is 31.1. The van der Waals surface area contributed by atoms with Crippen LogP contribution in [0.2, 0.25) is 0 Å². The van der Waals surface area contributed by atoms with Gasteiger partial charge in [0.1, 0.15) is 0 Å². The van der Waals surface area contributed by atoms with Gasteiger partial charge >= 0.3 is 0 Å². The predicted molar refractivity (Wildman–Crippen MR) is 118 cm³/mol. The Morgan fingerprint density at radius 2 is 1.67 bits per heavy atom. The molecule has 0 aromatic carbocycles. The van der Waals surface area contributed by atoms with Crippen molar-refractivity contribution in [2.45, 2.75) is 86.0 Å². The van der Waals surface area contributed by atoms with Crippen molar-refractivity contribution in [2.75, 3.05) is 25.9 Å². The largest absolute Gasteiger partial charge is 0.356 e. The number of unbranched alkanes of at least 4 members (excludes halogenated alkanes) is 4. The zero-order chi connectivity index (χ0) is 21.1. The van der Waals surface area contributed by atoms with E-state index in [2.05, 4.69) is 12.0 Å². The van der Waals surface area contributed by atoms with Crippen molar-refractivity contribution in [1.29, 1.82) is 0 Å². The van der Waals surface area contributed by atoms with E-state index in [0.717, 1.165) is 47.2 Å². The van der Waals surface area contributed by atoms with E-state index in [1.54, 1.807) is 0 Å². The molecule has 1 fully saturated rings. The lowest BCUT2D eigenvalue weighted by Crippen LogP contribution is -2.31. The lowest BCUT2D eigenvalue weighted by atomic mass is 10.1. The van der Waals surface area contributed by atoms with Crippen molar-refractivity contribution >= 4 is 26.3 Å². The first-order valence-electron chi connectivity index (χ1n) is 10.8. The van der Waals surface area contributed by atoms with Gasteiger partial charge in [0.25, 0.3) is 0 Å². The molecule has 1 N–H and O–H groups in total. The normalized spacial score (nSPS) is 16.1. The van der Waals surface area contributed by atoms with Crippen molar-refractivity contribution in [3.8, 4) is 0 Å². The topological polar surface area (TPSA) is 66.5 Å². The molecule has 1 aliphatic heterocycles. The fraction of sp³-hybridized carbons (Fsp3) is 0.857. The number of hydrogen-bond acceptors (Lipinski definition) is 3. The number of rotatable bonds is 12. The second-order valence-electron chi connectivity index (χ2n) is 6.31. The predicted octanol–water partition coefficient (Wildman–Crippen LogP) is 4.59. The van der Waals surface area contributed by atoms with Crippen molar-refractivity contribution in [3.63, 3.8) is 0 Å². The molecule has 5 nitrogen and oxygen atoms in total. The van der Waals surface area contributed by atoms with Crippen LogP contribution < -0.4 is 5.32 Å². The lowest BCUT2D eigenvalue weighted by Gasteiger charge is -2.13. The standard InChI is InChI=1S/C17H31N2O3P.2C2H6/c1-14-13-16(21)19(17(14)22)11-7-4-3-5-9-15(20)18-10-6-8-12-23-2;2*1-2/h14,23H,3-13H2,1-2H3,(H,18,20);2*1-2H3. The number of likely N-dealkylation sites (tertiary alicyclic amines) is 1. The van der Waals surface area contributed by atoms with Crippen LogP contribution in [0.4, 0.5) is 0 Å². The maximum absolute atomic E-state index is 11.7. The minimum Gasteiger partial charge on any atom is -0.356 e. The summed E-state index contributed by atoms with van der Waals surface area (Å²) in [4.78, 5) is 36.4. The highest BCUT2D eigenvalue weighted by molar-refractivity contribution is 7.36. The van der Waals surface area contributed by atoms with Crippen molar-refractivity contribution < 1.29 is 14.4 Å². The number of imide groups is 1. The van der Waals surface area contributed by atoms with Gasteiger partial charge in [-0.1, -0.05) is 47.5 Å². The molecule has 6 heteroatoms. The van der Waals surface area contributed by atoms with E-state index >= 15 is 0 Å². The van der Waals surface area contributed by atoms with Gasteiger partial charge in [0.15, 0.2) is 0 Å². The Bertz CT molecular complexity index is 403. The maximum Gasteiger partial charge on any atom is 0.232 e. The van der Waals surface area contributed by atoms with Crippen LogP contribution in [0.25, 0.3) is 0 Å². The minimum atomic E-state index is -0.149. The number of amides is 3. The summed E-state index contributed by atoms with van der Waals surface area (Å²) >= 11 is 0. The molecule has 3 amide bonds. The van der Waals surface area contributed by atoms with Crippen molar-refractivity contribution in [1.82, 2.24) is 10.2 Å². The minimum absolute atomic E-state index is 0.0296. The summed E-state index contributed by atoms with van der Waals surface area (Å²) in [5, 5.41) is 2.96. The highest BCUT2D eigenvalue weighted by Gasteiger charge is 2.34. The third-order valence-electron chi connectivity index (χ3n) is 4.18. The second-order valence-corrected chi connectivity index (χ2v) is 7.52. The first kappa shape index (κ1) is 28.3. The SMILES string of the molecule is CC.CC.CPCCCCNC(=O)CCCCCCN1C(=O)CC(C)C1=O. The van der Waals surface area contributed by atoms with Crippen LogP contribution in [0, 0.1) is 5.92 Å². The average molecular weight is 403 g/mol. The first-order chi connectivity index (χ1) is 13.1. The molecule has 0 aliphatic carbocycles. The molecular formula is C21H43N2O3P. The Hall–Kier alpha value is -0.960. The Kier molecular flexibility index (Phi) is 20.7. The van der Waals surface area contributed by atoms with Crippen LogP contribution in [0.1, 0.15) is 86.0 Å². The maximum atomic E-state index is 11.7. The van der Waals surface area contributed by atoms with Crippen LogP contribution >= 0.6 is 8.58 Å². The molecule has 160 valence electrons. The number of carbonyl (C=O) groups is 3. The van der Waals surface area contributed by atoms with Crippen LogP contribution in [0.3, 0.4) is 0 Å². The molecule has 0 saturated carbocycles. The van der Waals surface area contributed by atoms with Crippen molar-refractivity contribution in [3.05, 3.63) is 0 Å². The molecule has 0 aromatic rings. The van der Waals surface area contributed by atoms with Gasteiger partial charge in [-0.15, -0.1) is 8.58 Å². The van der Waals surface area contributed by atoms with Gasteiger partial charge in [-0.2, -0.15) is 0 Å². The Morgan fingerprint density at radius 3 is 2.22 bits per heavy atom. The quantitative estimate of drug-likeness (QED) is 0.295. The van der Waals surface area contributed by atoms with E-state index in [1.807, 2.05) is 34.6 Å². The summed E-state index contributed by atoms with van der Waals surface area (Å²) < 4.78 is 0. The van der Waals surface area contributed by atoms with E-state index in [4.69, 9.17) is 0 Å². The summed E-state index contributed by atoms with van der Waals surface area (Å²) in [6.07, 6.45) is 8.10. The smallest absolute Gasteiger partial charge is 0.232 e. The summed E-state index contributed by atoms with van der Waals surface area (Å²) in [5.41, 5.74) is 0. The van der Waals surface area contributed by atoms with Gasteiger partial charge in [0, 0.05) is 31.8 Å². The molecule has 27 heavy (non-hydrogen) atoms. The molecule has 0 aromatic heterocycles. The molecule has 1 rings (SSSR count). The van der Waals surface area contributed by atoms with E-state index in [-0.39, 0.29) is 23.6 Å². The zero-order valence-electron chi connectivity index (χ0n) is 18.5. The van der Waals surface area contributed by atoms with Gasteiger partial charge in [0.05, 0.1) is 0 Å². The second kappa shape index (κ2) is 19.8. The van der Waals surface area contributed by atoms with Crippen molar-refractivity contribution in [2.24, 2.45) is 5.92 Å². The van der Waals surface area contributed by atoms with Crippen LogP contribution in [0.5, 0.6) is 0 Å². The van der Waals surface area contributed by atoms with Gasteiger partial charge in [0.2, 0.25) is 17.7 Å². The van der Waals surface area contributed by atoms with Crippen LogP contribution in [-0.4, -0.2) is 48.5 Å². The third-order valence-corrected chi connectivity index (χ3v) is 5.03. The molecular weight excluding hydrogens is 359 g/mol. The van der Waals surface area contributed by atoms with Gasteiger partial charge < -0.3 is 5.32 Å². The number of hydrogen-bond donors (Lipinski definition) is 1. The molecule has 1 saturated heterocycles. The van der Waals surface area contributed by atoms with Crippen LogP contribution in [0.15, 0.2) is 0 Å². The average Bonchev–Trinajstić information content (AvgIpc) is 2.93. The summed E-state index contributed by atoms with van der Waals surface area (Å²) in [6.45, 7) is 13.3. The number of nitrogens with zero attached hydrogens (tertiary/aromatic N) is 1. The van der Waals surface area contributed by atoms with E-state index in [0.29, 0.717) is 19.4 Å². The monoisotopic (exact) mass is 402 g/mol. The highest BCUT2D eigenvalue weighted by Crippen LogP contribution is 2.19. The molecule has 1 aliphatic rings. The van der Waals surface area contributed by atoms with Gasteiger partial charge in [-0.05, 0) is 38.5 Å². The molecule has 1 heterocycles. The summed E-state index contributed by atoms with van der Waals surface area (Å²) in [5.74, 6) is -0.0740. The Morgan fingerprint density at radius 1 is 1.04 bits per heavy atom. The molecule has 2 unspecified atom stereocenters. The van der Waals surface area contributed by atoms with Crippen LogP contribution in [-0.2, 0) is 14.4 Å². The van der Waals surface area contributed by atoms with Gasteiger partial charge in [-0.3, -0.25) is 19.3 Å². The molecule has 0 radical (unpaired) electrons.